The van der Waals surface area contributed by atoms with Gasteiger partial charge in [-0.25, -0.2) is 8.42 Å². The lowest BCUT2D eigenvalue weighted by Crippen LogP contribution is -2.13. The maximum Gasteiger partial charge on any atom is 0.261 e. The topological polar surface area (TPSA) is 63.2 Å². The van der Waals surface area contributed by atoms with Crippen LogP contribution in [-0.2, 0) is 10.0 Å². The normalized spacial score (nSPS) is 11.4. The lowest BCUT2D eigenvalue weighted by molar-refractivity contribution is 0.101. The highest BCUT2D eigenvalue weighted by Gasteiger charge is 2.16. The van der Waals surface area contributed by atoms with Gasteiger partial charge in [-0.3, -0.25) is 9.52 Å². The molecule has 0 atom stereocenters. The van der Waals surface area contributed by atoms with Crippen LogP contribution in [-0.4, -0.2) is 14.2 Å². The van der Waals surface area contributed by atoms with E-state index in [4.69, 9.17) is 0 Å². The maximum absolute atomic E-state index is 12.6. The summed E-state index contributed by atoms with van der Waals surface area (Å²) >= 11 is 3.47. The van der Waals surface area contributed by atoms with Crippen LogP contribution in [0.4, 0.5) is 5.69 Å². The summed E-state index contributed by atoms with van der Waals surface area (Å²) < 4.78 is 28.7. The van der Waals surface area contributed by atoms with Gasteiger partial charge in [0.1, 0.15) is 0 Å². The van der Waals surface area contributed by atoms with Gasteiger partial charge in [-0.1, -0.05) is 52.3 Å². The fourth-order valence-corrected chi connectivity index (χ4v) is 3.98. The SMILES string of the molecule is CC(=O)c1ccc(S(=O)(=O)Nc2ccc(Br)c3ccccc23)cc1. The van der Waals surface area contributed by atoms with Gasteiger partial charge in [-0.05, 0) is 36.6 Å². The van der Waals surface area contributed by atoms with E-state index in [9.17, 15) is 13.2 Å². The van der Waals surface area contributed by atoms with E-state index in [2.05, 4.69) is 20.7 Å². The third kappa shape index (κ3) is 3.20. The zero-order valence-electron chi connectivity index (χ0n) is 12.8. The Morgan fingerprint density at radius 3 is 2.17 bits per heavy atom. The number of benzene rings is 3. The molecule has 3 aromatic rings. The molecule has 0 saturated heterocycles. The number of hydrogen-bond donors (Lipinski definition) is 1. The van der Waals surface area contributed by atoms with E-state index in [1.165, 1.54) is 31.2 Å². The standard InChI is InChI=1S/C18H14BrNO3S/c1-12(21)13-6-8-14(9-7-13)24(22,23)20-18-11-10-17(19)15-4-2-3-5-16(15)18/h2-11,20H,1H3. The molecule has 0 saturated carbocycles. The smallest absolute Gasteiger partial charge is 0.261 e. The average Bonchev–Trinajstić information content (AvgIpc) is 2.58. The molecule has 0 aromatic heterocycles. The van der Waals surface area contributed by atoms with Gasteiger partial charge in [0, 0.05) is 15.4 Å². The molecule has 0 fully saturated rings. The number of anilines is 1. The summed E-state index contributed by atoms with van der Waals surface area (Å²) in [4.78, 5) is 11.4. The lowest BCUT2D eigenvalue weighted by atomic mass is 10.1. The molecular formula is C18H14BrNO3S. The van der Waals surface area contributed by atoms with E-state index in [1.54, 1.807) is 12.1 Å². The number of Topliss-reactive ketones (excluding diaryl/α,β-unsaturated/α-hetero) is 1. The second-order valence-electron chi connectivity index (χ2n) is 5.33. The Morgan fingerprint density at radius 1 is 0.917 bits per heavy atom. The molecule has 0 aliphatic heterocycles. The van der Waals surface area contributed by atoms with Gasteiger partial charge in [0.25, 0.3) is 10.0 Å². The fourth-order valence-electron chi connectivity index (χ4n) is 2.42. The minimum atomic E-state index is -3.74. The highest BCUT2D eigenvalue weighted by atomic mass is 79.9. The van der Waals surface area contributed by atoms with Crippen LogP contribution >= 0.6 is 15.9 Å². The van der Waals surface area contributed by atoms with Crippen molar-refractivity contribution in [2.75, 3.05) is 4.72 Å². The molecule has 0 spiro atoms. The average molecular weight is 404 g/mol. The summed E-state index contributed by atoms with van der Waals surface area (Å²) in [5, 5.41) is 1.72. The Bertz CT molecular complexity index is 1030. The molecule has 6 heteroatoms. The van der Waals surface area contributed by atoms with Crippen LogP contribution in [0, 0.1) is 0 Å². The number of carbonyl (C=O) groups is 1. The maximum atomic E-state index is 12.6. The Kier molecular flexibility index (Phi) is 4.43. The van der Waals surface area contributed by atoms with Crippen LogP contribution in [0.2, 0.25) is 0 Å². The fraction of sp³-hybridized carbons (Fsp3) is 0.0556. The Balaban J connectivity index is 2.01. The van der Waals surface area contributed by atoms with Gasteiger partial charge in [-0.15, -0.1) is 0 Å². The van der Waals surface area contributed by atoms with Gasteiger partial charge >= 0.3 is 0 Å². The number of fused-ring (bicyclic) bond motifs is 1. The molecule has 3 aromatic carbocycles. The summed E-state index contributed by atoms with van der Waals surface area (Å²) in [6.45, 7) is 1.44. The summed E-state index contributed by atoms with van der Waals surface area (Å²) in [7, 11) is -3.74. The molecule has 1 N–H and O–H groups in total. The van der Waals surface area contributed by atoms with Gasteiger partial charge in [0.05, 0.1) is 10.6 Å². The van der Waals surface area contributed by atoms with E-state index < -0.39 is 10.0 Å². The lowest BCUT2D eigenvalue weighted by Gasteiger charge is -2.12. The van der Waals surface area contributed by atoms with Crippen molar-refractivity contribution in [1.82, 2.24) is 0 Å². The molecule has 0 radical (unpaired) electrons. The first-order chi connectivity index (χ1) is 11.4. The molecule has 0 amide bonds. The van der Waals surface area contributed by atoms with Gasteiger partial charge in [-0.2, -0.15) is 0 Å². The zero-order chi connectivity index (χ0) is 17.3. The van der Waals surface area contributed by atoms with Gasteiger partial charge in [0.2, 0.25) is 0 Å². The van der Waals surface area contributed by atoms with E-state index in [-0.39, 0.29) is 10.7 Å². The quantitative estimate of drug-likeness (QED) is 0.647. The van der Waals surface area contributed by atoms with Crippen LogP contribution in [0.3, 0.4) is 0 Å². The monoisotopic (exact) mass is 403 g/mol. The molecule has 0 bridgehead atoms. The molecule has 24 heavy (non-hydrogen) atoms. The van der Waals surface area contributed by atoms with Gasteiger partial charge < -0.3 is 0 Å². The second kappa shape index (κ2) is 6.37. The molecule has 3 rings (SSSR count). The Labute approximate surface area is 148 Å². The number of rotatable bonds is 4. The van der Waals surface area contributed by atoms with Crippen molar-refractivity contribution in [3.05, 3.63) is 70.7 Å². The van der Waals surface area contributed by atoms with Crippen molar-refractivity contribution < 1.29 is 13.2 Å². The van der Waals surface area contributed by atoms with Crippen LogP contribution in [0.5, 0.6) is 0 Å². The number of sulfonamides is 1. The summed E-state index contributed by atoms with van der Waals surface area (Å²) in [6, 6.07) is 16.9. The van der Waals surface area contributed by atoms with Crippen LogP contribution < -0.4 is 4.72 Å². The zero-order valence-corrected chi connectivity index (χ0v) is 15.2. The van der Waals surface area contributed by atoms with Crippen molar-refractivity contribution in [1.29, 1.82) is 0 Å². The van der Waals surface area contributed by atoms with Crippen molar-refractivity contribution in [3.8, 4) is 0 Å². The van der Waals surface area contributed by atoms with Crippen LogP contribution in [0.15, 0.2) is 70.0 Å². The summed E-state index contributed by atoms with van der Waals surface area (Å²) in [6.07, 6.45) is 0. The third-order valence-corrected chi connectivity index (χ3v) is 5.76. The minimum Gasteiger partial charge on any atom is -0.295 e. The predicted molar refractivity (Wildman–Crippen MR) is 98.9 cm³/mol. The van der Waals surface area contributed by atoms with Crippen molar-refractivity contribution >= 4 is 48.2 Å². The number of ketones is 1. The number of carbonyl (C=O) groups excluding carboxylic acids is 1. The molecule has 0 unspecified atom stereocenters. The van der Waals surface area contributed by atoms with E-state index >= 15 is 0 Å². The predicted octanol–water partition coefficient (Wildman–Crippen LogP) is 4.61. The number of hydrogen-bond acceptors (Lipinski definition) is 3. The second-order valence-corrected chi connectivity index (χ2v) is 7.86. The van der Waals surface area contributed by atoms with Crippen LogP contribution in [0.25, 0.3) is 10.8 Å². The first kappa shape index (κ1) is 16.7. The molecular weight excluding hydrogens is 390 g/mol. The first-order valence-corrected chi connectivity index (χ1v) is 9.47. The molecule has 0 heterocycles. The molecule has 122 valence electrons. The van der Waals surface area contributed by atoms with E-state index in [0.29, 0.717) is 11.3 Å². The highest BCUT2D eigenvalue weighted by molar-refractivity contribution is 9.10. The van der Waals surface area contributed by atoms with Gasteiger partial charge in [0.15, 0.2) is 5.78 Å². The number of nitrogens with one attached hydrogen (secondary N) is 1. The van der Waals surface area contributed by atoms with Crippen molar-refractivity contribution in [2.45, 2.75) is 11.8 Å². The summed E-state index contributed by atoms with van der Waals surface area (Å²) in [5.41, 5.74) is 0.979. The third-order valence-electron chi connectivity index (χ3n) is 3.69. The largest absolute Gasteiger partial charge is 0.295 e. The molecule has 0 aliphatic rings. The summed E-state index contributed by atoms with van der Waals surface area (Å²) in [5.74, 6) is -0.106. The first-order valence-electron chi connectivity index (χ1n) is 7.19. The van der Waals surface area contributed by atoms with E-state index in [0.717, 1.165) is 15.2 Å². The van der Waals surface area contributed by atoms with Crippen LogP contribution in [0.1, 0.15) is 17.3 Å². The Morgan fingerprint density at radius 2 is 1.54 bits per heavy atom. The van der Waals surface area contributed by atoms with Crippen molar-refractivity contribution in [3.63, 3.8) is 0 Å². The Hall–Kier alpha value is -2.18. The van der Waals surface area contributed by atoms with E-state index in [1.807, 2.05) is 24.3 Å². The minimum absolute atomic E-state index is 0.106. The molecule has 4 nitrogen and oxygen atoms in total. The van der Waals surface area contributed by atoms with Crippen molar-refractivity contribution in [2.24, 2.45) is 0 Å². The highest BCUT2D eigenvalue weighted by Crippen LogP contribution is 2.31. The molecule has 0 aliphatic carbocycles. The number of halogens is 1.